The van der Waals surface area contributed by atoms with Crippen molar-refractivity contribution in [2.75, 3.05) is 6.61 Å². The SMILES string of the molecule is C[C@H](C(=O)NC1CCCCC1)N(Cc1ccc(Cl)cc1)C(=O)COc1ccc(Cl)cc1. The van der Waals surface area contributed by atoms with Gasteiger partial charge >= 0.3 is 0 Å². The Bertz CT molecular complexity index is 865. The van der Waals surface area contributed by atoms with Crippen molar-refractivity contribution in [3.8, 4) is 5.75 Å². The maximum Gasteiger partial charge on any atom is 0.261 e. The second kappa shape index (κ2) is 11.4. The van der Waals surface area contributed by atoms with Crippen LogP contribution in [0.2, 0.25) is 10.0 Å². The van der Waals surface area contributed by atoms with E-state index in [9.17, 15) is 9.59 Å². The predicted molar refractivity (Wildman–Crippen MR) is 123 cm³/mol. The van der Waals surface area contributed by atoms with E-state index in [0.29, 0.717) is 22.3 Å². The van der Waals surface area contributed by atoms with Gasteiger partial charge in [-0.2, -0.15) is 0 Å². The highest BCUT2D eigenvalue weighted by Gasteiger charge is 2.28. The van der Waals surface area contributed by atoms with Gasteiger partial charge in [0, 0.05) is 22.6 Å². The summed E-state index contributed by atoms with van der Waals surface area (Å²) in [5, 5.41) is 4.33. The smallest absolute Gasteiger partial charge is 0.261 e. The van der Waals surface area contributed by atoms with E-state index in [1.165, 1.54) is 6.42 Å². The molecule has 0 spiro atoms. The van der Waals surface area contributed by atoms with Crippen molar-refractivity contribution in [2.24, 2.45) is 0 Å². The molecule has 0 unspecified atom stereocenters. The Morgan fingerprint density at radius 2 is 1.58 bits per heavy atom. The summed E-state index contributed by atoms with van der Waals surface area (Å²) in [6, 6.07) is 13.6. The van der Waals surface area contributed by atoms with Gasteiger partial charge in [0.15, 0.2) is 6.61 Å². The van der Waals surface area contributed by atoms with Crippen LogP contribution in [0.1, 0.15) is 44.6 Å². The largest absolute Gasteiger partial charge is 0.484 e. The van der Waals surface area contributed by atoms with Gasteiger partial charge in [0.2, 0.25) is 5.91 Å². The van der Waals surface area contributed by atoms with Gasteiger partial charge in [0.25, 0.3) is 5.91 Å². The Hall–Kier alpha value is -2.24. The fourth-order valence-electron chi connectivity index (χ4n) is 3.70. The first kappa shape index (κ1) is 23.4. The Kier molecular flexibility index (Phi) is 8.61. The second-order valence-electron chi connectivity index (χ2n) is 7.91. The minimum absolute atomic E-state index is 0.138. The summed E-state index contributed by atoms with van der Waals surface area (Å²) in [4.78, 5) is 27.5. The maximum absolute atomic E-state index is 13.1. The van der Waals surface area contributed by atoms with Crippen LogP contribution in [0.4, 0.5) is 0 Å². The molecule has 1 atom stereocenters. The van der Waals surface area contributed by atoms with Crippen molar-refractivity contribution >= 4 is 35.0 Å². The number of ether oxygens (including phenoxy) is 1. The molecule has 2 aromatic carbocycles. The third kappa shape index (κ3) is 7.15. The van der Waals surface area contributed by atoms with E-state index in [-0.39, 0.29) is 24.5 Å². The average molecular weight is 463 g/mol. The molecule has 7 heteroatoms. The normalized spacial score (nSPS) is 15.2. The molecular weight excluding hydrogens is 435 g/mol. The molecular formula is C24H28Cl2N2O3. The number of nitrogens with zero attached hydrogens (tertiary/aromatic N) is 1. The van der Waals surface area contributed by atoms with Gasteiger partial charge in [-0.25, -0.2) is 0 Å². The van der Waals surface area contributed by atoms with Crippen molar-refractivity contribution in [2.45, 2.75) is 57.7 Å². The fraction of sp³-hybridized carbons (Fsp3) is 0.417. The standard InChI is InChI=1S/C24H28Cl2N2O3/c1-17(24(30)27-21-5-3-2-4-6-21)28(15-18-7-9-19(25)10-8-18)23(29)16-31-22-13-11-20(26)12-14-22/h7-14,17,21H,2-6,15-16H2,1H3,(H,27,30)/t17-/m1/s1. The molecule has 31 heavy (non-hydrogen) atoms. The lowest BCUT2D eigenvalue weighted by Gasteiger charge is -2.31. The van der Waals surface area contributed by atoms with Crippen LogP contribution in [-0.4, -0.2) is 35.4 Å². The quantitative estimate of drug-likeness (QED) is 0.583. The number of halogens is 2. The first-order chi connectivity index (χ1) is 14.9. The number of amides is 2. The number of hydrogen-bond donors (Lipinski definition) is 1. The average Bonchev–Trinajstić information content (AvgIpc) is 2.78. The monoisotopic (exact) mass is 462 g/mol. The number of benzene rings is 2. The molecule has 0 heterocycles. The molecule has 1 saturated carbocycles. The molecule has 1 aliphatic carbocycles. The first-order valence-corrected chi connectivity index (χ1v) is 11.4. The van der Waals surface area contributed by atoms with Crippen LogP contribution in [0.25, 0.3) is 0 Å². The van der Waals surface area contributed by atoms with E-state index in [4.69, 9.17) is 27.9 Å². The minimum Gasteiger partial charge on any atom is -0.484 e. The lowest BCUT2D eigenvalue weighted by atomic mass is 9.95. The Labute approximate surface area is 193 Å². The highest BCUT2D eigenvalue weighted by atomic mass is 35.5. The van der Waals surface area contributed by atoms with Gasteiger partial charge in [-0.05, 0) is 61.7 Å². The molecule has 5 nitrogen and oxygen atoms in total. The van der Waals surface area contributed by atoms with Crippen LogP contribution in [0.15, 0.2) is 48.5 Å². The van der Waals surface area contributed by atoms with E-state index in [2.05, 4.69) is 5.32 Å². The van der Waals surface area contributed by atoms with Crippen LogP contribution in [0, 0.1) is 0 Å². The number of nitrogens with one attached hydrogen (secondary N) is 1. The molecule has 3 rings (SSSR count). The number of carbonyl (C=O) groups excluding carboxylic acids is 2. The van der Waals surface area contributed by atoms with E-state index < -0.39 is 6.04 Å². The van der Waals surface area contributed by atoms with E-state index >= 15 is 0 Å². The molecule has 0 saturated heterocycles. The highest BCUT2D eigenvalue weighted by Crippen LogP contribution is 2.19. The zero-order valence-corrected chi connectivity index (χ0v) is 19.2. The van der Waals surface area contributed by atoms with Crippen LogP contribution in [0.5, 0.6) is 5.75 Å². The van der Waals surface area contributed by atoms with Gasteiger partial charge in [-0.1, -0.05) is 54.6 Å². The van der Waals surface area contributed by atoms with Gasteiger partial charge in [0.1, 0.15) is 11.8 Å². The lowest BCUT2D eigenvalue weighted by molar-refractivity contribution is -0.142. The van der Waals surface area contributed by atoms with E-state index in [1.54, 1.807) is 48.2 Å². The summed E-state index contributed by atoms with van der Waals surface area (Å²) in [5.74, 6) is 0.139. The maximum atomic E-state index is 13.1. The Morgan fingerprint density at radius 1 is 1.00 bits per heavy atom. The highest BCUT2D eigenvalue weighted by molar-refractivity contribution is 6.30. The molecule has 2 aromatic rings. The van der Waals surface area contributed by atoms with Gasteiger partial charge in [-0.3, -0.25) is 9.59 Å². The topological polar surface area (TPSA) is 58.6 Å². The molecule has 0 bridgehead atoms. The molecule has 166 valence electrons. The summed E-state index contributed by atoms with van der Waals surface area (Å²) in [6.07, 6.45) is 5.45. The molecule has 1 N–H and O–H groups in total. The molecule has 1 fully saturated rings. The van der Waals surface area contributed by atoms with Gasteiger partial charge in [-0.15, -0.1) is 0 Å². The van der Waals surface area contributed by atoms with Gasteiger partial charge < -0.3 is 15.0 Å². The molecule has 2 amide bonds. The second-order valence-corrected chi connectivity index (χ2v) is 8.78. The van der Waals surface area contributed by atoms with Crippen LogP contribution in [-0.2, 0) is 16.1 Å². The third-order valence-electron chi connectivity index (χ3n) is 5.56. The molecule has 0 aliphatic heterocycles. The fourth-order valence-corrected chi connectivity index (χ4v) is 3.95. The summed E-state index contributed by atoms with van der Waals surface area (Å²) in [7, 11) is 0. The van der Waals surface area contributed by atoms with Crippen molar-refractivity contribution in [3.63, 3.8) is 0 Å². The lowest BCUT2D eigenvalue weighted by Crippen LogP contribution is -2.51. The van der Waals surface area contributed by atoms with E-state index in [0.717, 1.165) is 31.2 Å². The Balaban J connectivity index is 1.69. The summed E-state index contributed by atoms with van der Waals surface area (Å²) in [5.41, 5.74) is 0.890. The van der Waals surface area contributed by atoms with Crippen LogP contribution >= 0.6 is 23.2 Å². The zero-order valence-electron chi connectivity index (χ0n) is 17.7. The minimum atomic E-state index is -0.626. The van der Waals surface area contributed by atoms with Crippen molar-refractivity contribution in [1.82, 2.24) is 10.2 Å². The predicted octanol–water partition coefficient (Wildman–Crippen LogP) is 5.24. The first-order valence-electron chi connectivity index (χ1n) is 10.6. The number of rotatable bonds is 8. The van der Waals surface area contributed by atoms with E-state index in [1.807, 2.05) is 12.1 Å². The molecule has 1 aliphatic rings. The molecule has 0 radical (unpaired) electrons. The van der Waals surface area contributed by atoms with Crippen molar-refractivity contribution in [3.05, 3.63) is 64.1 Å². The summed E-state index contributed by atoms with van der Waals surface area (Å²) < 4.78 is 5.64. The van der Waals surface area contributed by atoms with Crippen molar-refractivity contribution < 1.29 is 14.3 Å². The summed E-state index contributed by atoms with van der Waals surface area (Å²) in [6.45, 7) is 1.88. The van der Waals surface area contributed by atoms with Crippen molar-refractivity contribution in [1.29, 1.82) is 0 Å². The van der Waals surface area contributed by atoms with Crippen LogP contribution < -0.4 is 10.1 Å². The number of hydrogen-bond acceptors (Lipinski definition) is 3. The third-order valence-corrected chi connectivity index (χ3v) is 6.06. The number of carbonyl (C=O) groups is 2. The van der Waals surface area contributed by atoms with Crippen LogP contribution in [0.3, 0.4) is 0 Å². The van der Waals surface area contributed by atoms with Gasteiger partial charge in [0.05, 0.1) is 0 Å². The Morgan fingerprint density at radius 3 is 2.19 bits per heavy atom. The summed E-state index contributed by atoms with van der Waals surface area (Å²) >= 11 is 11.9. The molecule has 0 aromatic heterocycles. The zero-order chi connectivity index (χ0) is 22.2.